The highest BCUT2D eigenvalue weighted by Gasteiger charge is 2.21. The number of fused-ring (bicyclic) bond motifs is 2. The fourth-order valence-corrected chi connectivity index (χ4v) is 4.63. The van der Waals surface area contributed by atoms with E-state index in [0.29, 0.717) is 31.1 Å². The van der Waals surface area contributed by atoms with E-state index >= 15 is 0 Å². The van der Waals surface area contributed by atoms with Gasteiger partial charge in [-0.25, -0.2) is 14.4 Å². The zero-order valence-corrected chi connectivity index (χ0v) is 20.1. The predicted molar refractivity (Wildman–Crippen MR) is 129 cm³/mol. The minimum atomic E-state index is -0.233. The number of rotatable bonds is 8. The second-order valence-electron chi connectivity index (χ2n) is 8.63. The van der Waals surface area contributed by atoms with Crippen LogP contribution in [0.1, 0.15) is 36.4 Å². The average molecular weight is 464 g/mol. The molecule has 5 rings (SSSR count). The maximum atomic E-state index is 14.7. The molecule has 0 aliphatic carbocycles. The Hall–Kier alpha value is -3.46. The first-order chi connectivity index (χ1) is 16.5. The van der Waals surface area contributed by atoms with Crippen LogP contribution in [0.4, 0.5) is 10.3 Å². The first kappa shape index (κ1) is 22.3. The normalized spacial score (nSPS) is 13.0. The lowest BCUT2D eigenvalue weighted by Crippen LogP contribution is -2.22. The van der Waals surface area contributed by atoms with Gasteiger partial charge in [-0.05, 0) is 38.2 Å². The molecule has 1 aromatic carbocycles. The molecular weight excluding hydrogens is 433 g/mol. The molecule has 0 spiro atoms. The fraction of sp³-hybridized carbons (Fsp3) is 0.400. The lowest BCUT2D eigenvalue weighted by Gasteiger charge is -2.15. The Labute approximate surface area is 198 Å². The molecule has 9 heteroatoms. The summed E-state index contributed by atoms with van der Waals surface area (Å²) in [6.07, 6.45) is 4.55. The van der Waals surface area contributed by atoms with Crippen LogP contribution in [0.15, 0.2) is 30.6 Å². The highest BCUT2D eigenvalue weighted by molar-refractivity contribution is 5.76. The van der Waals surface area contributed by atoms with E-state index in [0.717, 1.165) is 59.2 Å². The summed E-state index contributed by atoms with van der Waals surface area (Å²) < 4.78 is 24.1. The molecule has 1 aliphatic rings. The molecule has 0 bridgehead atoms. The van der Waals surface area contributed by atoms with Gasteiger partial charge in [0.05, 0.1) is 29.3 Å². The average Bonchev–Trinajstić information content (AvgIpc) is 3.55. The van der Waals surface area contributed by atoms with E-state index in [9.17, 15) is 4.39 Å². The van der Waals surface area contributed by atoms with E-state index in [2.05, 4.69) is 29.2 Å². The van der Waals surface area contributed by atoms with Crippen molar-refractivity contribution in [1.82, 2.24) is 29.0 Å². The number of hydrogen-bond donors (Lipinski definition) is 1. The van der Waals surface area contributed by atoms with Gasteiger partial charge in [-0.1, -0.05) is 13.8 Å². The van der Waals surface area contributed by atoms with Crippen molar-refractivity contribution in [3.63, 3.8) is 0 Å². The van der Waals surface area contributed by atoms with Crippen LogP contribution in [0.2, 0.25) is 0 Å². The van der Waals surface area contributed by atoms with Crippen LogP contribution in [-0.2, 0) is 26.6 Å². The van der Waals surface area contributed by atoms with Crippen LogP contribution >= 0.6 is 0 Å². The van der Waals surface area contributed by atoms with Gasteiger partial charge >= 0.3 is 0 Å². The van der Waals surface area contributed by atoms with Crippen molar-refractivity contribution in [3.05, 3.63) is 58.9 Å². The van der Waals surface area contributed by atoms with Gasteiger partial charge in [0.15, 0.2) is 5.65 Å². The van der Waals surface area contributed by atoms with Gasteiger partial charge in [-0.15, -0.1) is 0 Å². The third-order valence-corrected chi connectivity index (χ3v) is 6.46. The third-order valence-electron chi connectivity index (χ3n) is 6.46. The van der Waals surface area contributed by atoms with Gasteiger partial charge in [0.25, 0.3) is 0 Å². The van der Waals surface area contributed by atoms with Crippen molar-refractivity contribution in [3.8, 4) is 17.0 Å². The Kier molecular flexibility index (Phi) is 5.95. The van der Waals surface area contributed by atoms with E-state index in [1.807, 2.05) is 41.5 Å². The maximum absolute atomic E-state index is 14.7. The molecule has 0 unspecified atom stereocenters. The van der Waals surface area contributed by atoms with E-state index in [1.165, 1.54) is 6.07 Å². The second kappa shape index (κ2) is 9.06. The topological polar surface area (TPSA) is 72.5 Å². The molecule has 3 aromatic heterocycles. The van der Waals surface area contributed by atoms with E-state index in [4.69, 9.17) is 14.7 Å². The Morgan fingerprint density at radius 1 is 1.24 bits per heavy atom. The first-order valence-corrected chi connectivity index (χ1v) is 11.8. The number of imidazole rings is 1. The van der Waals surface area contributed by atoms with E-state index < -0.39 is 0 Å². The smallest absolute Gasteiger partial charge is 0.208 e. The summed E-state index contributed by atoms with van der Waals surface area (Å²) in [5.41, 5.74) is 6.09. The number of halogens is 1. The van der Waals surface area contributed by atoms with Crippen molar-refractivity contribution in [2.75, 3.05) is 25.0 Å². The van der Waals surface area contributed by atoms with Crippen molar-refractivity contribution < 1.29 is 9.13 Å². The Balaban J connectivity index is 1.55. The SMILES string of the molecule is CCN(CC)Cc1cn2c(NCc3c(F)ccc4c3CCO4)ncc(-c3cc(C)nn3C)c2n1. The molecule has 0 amide bonds. The largest absolute Gasteiger partial charge is 0.493 e. The summed E-state index contributed by atoms with van der Waals surface area (Å²) in [4.78, 5) is 12.0. The first-order valence-electron chi connectivity index (χ1n) is 11.8. The number of nitrogens with one attached hydrogen (secondary N) is 1. The number of ether oxygens (including phenoxy) is 1. The molecule has 0 radical (unpaired) electrons. The van der Waals surface area contributed by atoms with Gasteiger partial charge in [0.1, 0.15) is 11.6 Å². The standard InChI is InChI=1S/C25H30FN7O/c1-5-32(6-2)14-17-15-33-24(29-17)20(22-11-16(3)30-31(22)4)13-28-25(33)27-12-19-18-9-10-34-23(18)8-7-21(19)26/h7-8,11,13,15H,5-6,9-10,12,14H2,1-4H3,(H,27,28). The number of hydrogen-bond acceptors (Lipinski definition) is 6. The highest BCUT2D eigenvalue weighted by Crippen LogP contribution is 2.31. The molecule has 4 heterocycles. The van der Waals surface area contributed by atoms with Gasteiger partial charge in [-0.2, -0.15) is 5.10 Å². The summed E-state index contributed by atoms with van der Waals surface area (Å²) in [6, 6.07) is 5.21. The number of aromatic nitrogens is 5. The Morgan fingerprint density at radius 2 is 2.06 bits per heavy atom. The molecular formula is C25H30FN7O. The highest BCUT2D eigenvalue weighted by atomic mass is 19.1. The molecule has 178 valence electrons. The van der Waals surface area contributed by atoms with Crippen LogP contribution in [0.25, 0.3) is 16.9 Å². The van der Waals surface area contributed by atoms with Gasteiger partial charge in [0.2, 0.25) is 5.95 Å². The Bertz CT molecular complexity index is 1340. The molecule has 34 heavy (non-hydrogen) atoms. The van der Waals surface area contributed by atoms with Crippen molar-refractivity contribution in [2.45, 2.75) is 40.3 Å². The molecule has 4 aromatic rings. The van der Waals surface area contributed by atoms with E-state index in [1.54, 1.807) is 6.07 Å². The number of benzene rings is 1. The number of nitrogens with zero attached hydrogens (tertiary/aromatic N) is 6. The van der Waals surface area contributed by atoms with Gasteiger partial charge in [0, 0.05) is 50.1 Å². The molecule has 8 nitrogen and oxygen atoms in total. The summed E-state index contributed by atoms with van der Waals surface area (Å²) in [6.45, 7) is 9.80. The van der Waals surface area contributed by atoms with Crippen molar-refractivity contribution >= 4 is 11.6 Å². The molecule has 0 saturated heterocycles. The monoisotopic (exact) mass is 463 g/mol. The predicted octanol–water partition coefficient (Wildman–Crippen LogP) is 3.97. The van der Waals surface area contributed by atoms with Gasteiger partial charge < -0.3 is 10.1 Å². The van der Waals surface area contributed by atoms with Crippen LogP contribution in [0.3, 0.4) is 0 Å². The minimum Gasteiger partial charge on any atom is -0.493 e. The van der Waals surface area contributed by atoms with Crippen LogP contribution in [-0.4, -0.2) is 48.7 Å². The second-order valence-corrected chi connectivity index (χ2v) is 8.63. The lowest BCUT2D eigenvalue weighted by molar-refractivity contribution is 0.293. The molecule has 1 aliphatic heterocycles. The maximum Gasteiger partial charge on any atom is 0.208 e. The minimum absolute atomic E-state index is 0.233. The van der Waals surface area contributed by atoms with Gasteiger partial charge in [-0.3, -0.25) is 14.0 Å². The van der Waals surface area contributed by atoms with Crippen LogP contribution in [0, 0.1) is 12.7 Å². The van der Waals surface area contributed by atoms with Crippen molar-refractivity contribution in [2.24, 2.45) is 7.05 Å². The van der Waals surface area contributed by atoms with Crippen molar-refractivity contribution in [1.29, 1.82) is 0 Å². The summed E-state index contributed by atoms with van der Waals surface area (Å²) in [5, 5.41) is 7.84. The zero-order chi connectivity index (χ0) is 23.8. The van der Waals surface area contributed by atoms with Crippen LogP contribution in [0.5, 0.6) is 5.75 Å². The Morgan fingerprint density at radius 3 is 2.79 bits per heavy atom. The fourth-order valence-electron chi connectivity index (χ4n) is 4.63. The molecule has 0 fully saturated rings. The molecule has 0 atom stereocenters. The number of anilines is 1. The summed E-state index contributed by atoms with van der Waals surface area (Å²) in [5.74, 6) is 1.15. The molecule has 1 N–H and O–H groups in total. The zero-order valence-electron chi connectivity index (χ0n) is 20.1. The number of aryl methyl sites for hydroxylation is 2. The quantitative estimate of drug-likeness (QED) is 0.426. The van der Waals surface area contributed by atoms with Crippen LogP contribution < -0.4 is 10.1 Å². The third kappa shape index (κ3) is 4.00. The lowest BCUT2D eigenvalue weighted by atomic mass is 10.0. The summed E-state index contributed by atoms with van der Waals surface area (Å²) in [7, 11) is 1.92. The van der Waals surface area contributed by atoms with E-state index in [-0.39, 0.29) is 5.82 Å². The summed E-state index contributed by atoms with van der Waals surface area (Å²) >= 11 is 0. The molecule has 0 saturated carbocycles.